The van der Waals surface area contributed by atoms with Crippen molar-refractivity contribution < 1.29 is 9.59 Å². The van der Waals surface area contributed by atoms with Gasteiger partial charge in [-0.1, -0.05) is 18.2 Å². The quantitative estimate of drug-likeness (QED) is 0.843. The molecule has 1 aliphatic rings. The molecule has 4 nitrogen and oxygen atoms in total. The van der Waals surface area contributed by atoms with Crippen molar-refractivity contribution in [2.45, 2.75) is 24.2 Å². The lowest BCUT2D eigenvalue weighted by molar-refractivity contribution is -0.134. The Balaban J connectivity index is 1.75. The predicted molar refractivity (Wildman–Crippen MR) is 80.3 cm³/mol. The molecule has 0 bridgehead atoms. The van der Waals surface area contributed by atoms with Crippen LogP contribution in [-0.2, 0) is 9.59 Å². The molecule has 2 amide bonds. The zero-order valence-electron chi connectivity index (χ0n) is 11.5. The van der Waals surface area contributed by atoms with E-state index in [1.54, 1.807) is 16.7 Å². The van der Waals surface area contributed by atoms with Crippen molar-refractivity contribution in [3.05, 3.63) is 30.3 Å². The summed E-state index contributed by atoms with van der Waals surface area (Å²) in [6.07, 6.45) is 2.17. The van der Waals surface area contributed by atoms with Crippen LogP contribution in [0.1, 0.15) is 19.3 Å². The molecule has 0 spiro atoms. The van der Waals surface area contributed by atoms with Crippen LogP contribution in [0.3, 0.4) is 0 Å². The van der Waals surface area contributed by atoms with E-state index >= 15 is 0 Å². The SMILES string of the molecule is NC(=O)C1CCCN(C(=O)CCSc2ccccc2)C1. The molecule has 2 rings (SSSR count). The molecule has 1 unspecified atom stereocenters. The van der Waals surface area contributed by atoms with Crippen LogP contribution in [0.4, 0.5) is 0 Å². The summed E-state index contributed by atoms with van der Waals surface area (Å²) in [4.78, 5) is 26.3. The van der Waals surface area contributed by atoms with Gasteiger partial charge in [-0.05, 0) is 25.0 Å². The highest BCUT2D eigenvalue weighted by Crippen LogP contribution is 2.20. The minimum Gasteiger partial charge on any atom is -0.369 e. The lowest BCUT2D eigenvalue weighted by Crippen LogP contribution is -2.44. The second-order valence-electron chi connectivity index (χ2n) is 4.99. The number of amides is 2. The van der Waals surface area contributed by atoms with Crippen molar-refractivity contribution in [2.24, 2.45) is 11.7 Å². The number of primary amides is 1. The molecule has 0 radical (unpaired) electrons. The number of thioether (sulfide) groups is 1. The van der Waals surface area contributed by atoms with E-state index in [0.717, 1.165) is 25.1 Å². The third-order valence-corrected chi connectivity index (χ3v) is 4.52. The molecule has 1 aromatic carbocycles. The fourth-order valence-corrected chi connectivity index (χ4v) is 3.23. The molecule has 2 N–H and O–H groups in total. The fourth-order valence-electron chi connectivity index (χ4n) is 2.37. The summed E-state index contributed by atoms with van der Waals surface area (Å²) in [5.74, 6) is 0.427. The molecule has 1 aliphatic heterocycles. The van der Waals surface area contributed by atoms with E-state index < -0.39 is 0 Å². The Kier molecular flexibility index (Phi) is 5.47. The van der Waals surface area contributed by atoms with Crippen LogP contribution in [0.5, 0.6) is 0 Å². The Morgan fingerprint density at radius 3 is 2.75 bits per heavy atom. The van der Waals surface area contributed by atoms with Crippen molar-refractivity contribution >= 4 is 23.6 Å². The number of rotatable bonds is 5. The van der Waals surface area contributed by atoms with Crippen LogP contribution < -0.4 is 5.73 Å². The normalized spacial score (nSPS) is 18.8. The number of nitrogens with two attached hydrogens (primary N) is 1. The highest BCUT2D eigenvalue weighted by molar-refractivity contribution is 7.99. The van der Waals surface area contributed by atoms with Crippen LogP contribution >= 0.6 is 11.8 Å². The van der Waals surface area contributed by atoms with Gasteiger partial charge in [-0.2, -0.15) is 0 Å². The number of carbonyl (C=O) groups is 2. The van der Waals surface area contributed by atoms with E-state index in [0.29, 0.717) is 13.0 Å². The predicted octanol–water partition coefficient (Wildman–Crippen LogP) is 1.89. The number of nitrogens with zero attached hydrogens (tertiary/aromatic N) is 1. The largest absolute Gasteiger partial charge is 0.369 e. The van der Waals surface area contributed by atoms with Crippen LogP contribution in [0.15, 0.2) is 35.2 Å². The summed E-state index contributed by atoms with van der Waals surface area (Å²) in [7, 11) is 0. The number of carbonyl (C=O) groups excluding carboxylic acids is 2. The first kappa shape index (κ1) is 14.9. The van der Waals surface area contributed by atoms with Crippen molar-refractivity contribution in [2.75, 3.05) is 18.8 Å². The van der Waals surface area contributed by atoms with Gasteiger partial charge in [0.25, 0.3) is 0 Å². The second kappa shape index (κ2) is 7.33. The van der Waals surface area contributed by atoms with Crippen LogP contribution in [0, 0.1) is 5.92 Å². The molecule has 5 heteroatoms. The standard InChI is InChI=1S/C15H20N2O2S/c16-15(19)12-5-4-9-17(11-12)14(18)8-10-20-13-6-2-1-3-7-13/h1-3,6-7,12H,4-5,8-11H2,(H2,16,19). The first-order valence-corrected chi connectivity index (χ1v) is 7.90. The van der Waals surface area contributed by atoms with Crippen molar-refractivity contribution in [3.8, 4) is 0 Å². The van der Waals surface area contributed by atoms with Gasteiger partial charge in [0.15, 0.2) is 0 Å². The Hall–Kier alpha value is -1.49. The van der Waals surface area contributed by atoms with E-state index in [2.05, 4.69) is 0 Å². The zero-order valence-corrected chi connectivity index (χ0v) is 12.3. The summed E-state index contributed by atoms with van der Waals surface area (Å²) in [5, 5.41) is 0. The molecule has 0 aliphatic carbocycles. The highest BCUT2D eigenvalue weighted by Gasteiger charge is 2.26. The third-order valence-electron chi connectivity index (χ3n) is 3.50. The van der Waals surface area contributed by atoms with E-state index in [1.807, 2.05) is 30.3 Å². The first-order valence-electron chi connectivity index (χ1n) is 6.92. The van der Waals surface area contributed by atoms with E-state index in [-0.39, 0.29) is 17.7 Å². The van der Waals surface area contributed by atoms with Gasteiger partial charge in [0, 0.05) is 30.2 Å². The van der Waals surface area contributed by atoms with Crippen molar-refractivity contribution in [1.82, 2.24) is 4.90 Å². The maximum Gasteiger partial charge on any atom is 0.223 e. The molecular weight excluding hydrogens is 272 g/mol. The molecule has 0 saturated carbocycles. The Labute approximate surface area is 123 Å². The summed E-state index contributed by atoms with van der Waals surface area (Å²) in [6.45, 7) is 1.24. The fraction of sp³-hybridized carbons (Fsp3) is 0.467. The van der Waals surface area contributed by atoms with Crippen molar-refractivity contribution in [1.29, 1.82) is 0 Å². The molecule has 1 atom stereocenters. The van der Waals surface area contributed by atoms with E-state index in [1.165, 1.54) is 4.90 Å². The van der Waals surface area contributed by atoms with Gasteiger partial charge in [-0.15, -0.1) is 11.8 Å². The molecule has 0 aromatic heterocycles. The smallest absolute Gasteiger partial charge is 0.223 e. The van der Waals surface area contributed by atoms with Gasteiger partial charge < -0.3 is 10.6 Å². The average Bonchev–Trinajstić information content (AvgIpc) is 2.48. The lowest BCUT2D eigenvalue weighted by Gasteiger charge is -2.31. The van der Waals surface area contributed by atoms with Gasteiger partial charge in [-0.25, -0.2) is 0 Å². The molecule has 1 aromatic rings. The Morgan fingerprint density at radius 2 is 2.05 bits per heavy atom. The Bertz CT molecular complexity index is 464. The van der Waals surface area contributed by atoms with Crippen LogP contribution in [-0.4, -0.2) is 35.6 Å². The summed E-state index contributed by atoms with van der Waals surface area (Å²) in [5.41, 5.74) is 5.32. The summed E-state index contributed by atoms with van der Waals surface area (Å²) < 4.78 is 0. The van der Waals surface area contributed by atoms with Gasteiger partial charge in [0.05, 0.1) is 5.92 Å². The second-order valence-corrected chi connectivity index (χ2v) is 6.16. The average molecular weight is 292 g/mol. The number of benzene rings is 1. The molecule has 1 heterocycles. The monoisotopic (exact) mass is 292 g/mol. The summed E-state index contributed by atoms with van der Waals surface area (Å²) >= 11 is 1.68. The zero-order chi connectivity index (χ0) is 14.4. The number of hydrogen-bond acceptors (Lipinski definition) is 3. The number of likely N-dealkylation sites (tertiary alicyclic amines) is 1. The topological polar surface area (TPSA) is 63.4 Å². The molecular formula is C15H20N2O2S. The third kappa shape index (κ3) is 4.27. The molecule has 1 fully saturated rings. The minimum absolute atomic E-state index is 0.124. The van der Waals surface area contributed by atoms with Gasteiger partial charge in [-0.3, -0.25) is 9.59 Å². The number of hydrogen-bond donors (Lipinski definition) is 1. The van der Waals surface area contributed by atoms with Gasteiger partial charge in [0.1, 0.15) is 0 Å². The Morgan fingerprint density at radius 1 is 1.30 bits per heavy atom. The van der Waals surface area contributed by atoms with E-state index in [9.17, 15) is 9.59 Å². The van der Waals surface area contributed by atoms with Crippen LogP contribution in [0.2, 0.25) is 0 Å². The molecule has 108 valence electrons. The first-order chi connectivity index (χ1) is 9.66. The minimum atomic E-state index is -0.291. The van der Waals surface area contributed by atoms with Gasteiger partial charge >= 0.3 is 0 Å². The van der Waals surface area contributed by atoms with Crippen LogP contribution in [0.25, 0.3) is 0 Å². The number of piperidine rings is 1. The lowest BCUT2D eigenvalue weighted by atomic mass is 9.97. The maximum absolute atomic E-state index is 12.1. The molecule has 20 heavy (non-hydrogen) atoms. The van der Waals surface area contributed by atoms with Gasteiger partial charge in [0.2, 0.25) is 11.8 Å². The maximum atomic E-state index is 12.1. The van der Waals surface area contributed by atoms with E-state index in [4.69, 9.17) is 5.73 Å². The summed E-state index contributed by atoms with van der Waals surface area (Å²) in [6, 6.07) is 10.0. The van der Waals surface area contributed by atoms with Crippen molar-refractivity contribution in [3.63, 3.8) is 0 Å². The highest BCUT2D eigenvalue weighted by atomic mass is 32.2. The molecule has 1 saturated heterocycles.